The first-order valence-corrected chi connectivity index (χ1v) is 5.01. The van der Waals surface area contributed by atoms with E-state index in [-0.39, 0.29) is 0 Å². The Labute approximate surface area is 90.6 Å². The van der Waals surface area contributed by atoms with Gasteiger partial charge in [-0.15, -0.1) is 0 Å². The van der Waals surface area contributed by atoms with E-state index in [1.807, 2.05) is 0 Å². The molecular weight excluding hydrogens is 216 g/mol. The quantitative estimate of drug-likeness (QED) is 0.573. The van der Waals surface area contributed by atoms with Crippen molar-refractivity contribution in [2.24, 2.45) is 0 Å². The average molecular weight is 221 g/mol. The molecule has 2 aromatic rings. The molecule has 0 bridgehead atoms. The Bertz CT molecular complexity index is 421. The lowest BCUT2D eigenvalue weighted by molar-refractivity contribution is 0.894. The summed E-state index contributed by atoms with van der Waals surface area (Å²) in [5.74, 6) is 0. The molecule has 0 aliphatic carbocycles. The van der Waals surface area contributed by atoms with Crippen molar-refractivity contribution < 1.29 is 0 Å². The van der Waals surface area contributed by atoms with E-state index >= 15 is 0 Å². The Morgan fingerprint density at radius 2 is 2.00 bits per heavy atom. The van der Waals surface area contributed by atoms with Crippen LogP contribution in [0.15, 0.2) is 46.1 Å². The summed E-state index contributed by atoms with van der Waals surface area (Å²) >= 11 is 6.25. The van der Waals surface area contributed by atoms with Crippen LogP contribution in [0.2, 0.25) is 0 Å². The zero-order chi connectivity index (χ0) is 9.80. The summed E-state index contributed by atoms with van der Waals surface area (Å²) in [6.07, 6.45) is 6.57. The molecule has 1 radical (unpaired) electrons. The van der Waals surface area contributed by atoms with Crippen molar-refractivity contribution in [1.82, 2.24) is 19.9 Å². The van der Waals surface area contributed by atoms with Crippen LogP contribution in [0.1, 0.15) is 0 Å². The van der Waals surface area contributed by atoms with Crippen LogP contribution in [0.5, 0.6) is 0 Å². The fourth-order valence-corrected chi connectivity index (χ4v) is 1.75. The van der Waals surface area contributed by atoms with Crippen LogP contribution in [0, 0.1) is 0 Å². The maximum atomic E-state index is 4.84. The highest BCUT2D eigenvalue weighted by molar-refractivity contribution is 7.99. The predicted molar refractivity (Wildman–Crippen MR) is 54.0 cm³/mol. The van der Waals surface area contributed by atoms with Gasteiger partial charge in [-0.1, -0.05) is 0 Å². The highest BCUT2D eigenvalue weighted by Crippen LogP contribution is 2.22. The number of aromatic nitrogens is 4. The molecule has 0 fully saturated rings. The molecule has 14 heavy (non-hydrogen) atoms. The Morgan fingerprint density at radius 3 is 2.71 bits per heavy atom. The minimum Gasteiger partial charge on any atom is -0.260 e. The van der Waals surface area contributed by atoms with Crippen molar-refractivity contribution in [3.63, 3.8) is 0 Å². The van der Waals surface area contributed by atoms with Gasteiger partial charge in [0.1, 0.15) is 10.1 Å². The number of nitrogens with zero attached hydrogens (tertiary/aromatic N) is 4. The van der Waals surface area contributed by atoms with E-state index in [4.69, 9.17) is 12.6 Å². The van der Waals surface area contributed by atoms with E-state index in [0.717, 1.165) is 10.1 Å². The van der Waals surface area contributed by atoms with E-state index in [0.29, 0.717) is 5.16 Å². The van der Waals surface area contributed by atoms with Gasteiger partial charge in [0.2, 0.25) is 5.16 Å². The molecule has 6 heteroatoms. The first kappa shape index (κ1) is 9.29. The molecule has 2 heterocycles. The summed E-state index contributed by atoms with van der Waals surface area (Å²) in [5, 5.41) is 1.92. The minimum atomic E-state index is 0.346. The first-order chi connectivity index (χ1) is 6.84. The second-order valence-electron chi connectivity index (χ2n) is 2.32. The smallest absolute Gasteiger partial charge is 0.220 e. The maximum Gasteiger partial charge on any atom is 0.220 e. The third-order valence-electron chi connectivity index (χ3n) is 1.36. The fourth-order valence-electron chi connectivity index (χ4n) is 0.827. The minimum absolute atomic E-state index is 0.346. The van der Waals surface area contributed by atoms with Gasteiger partial charge in [-0.25, -0.2) is 15.0 Å². The van der Waals surface area contributed by atoms with E-state index in [1.165, 1.54) is 11.8 Å². The zero-order valence-corrected chi connectivity index (χ0v) is 8.63. The molecule has 0 aliphatic heterocycles. The normalized spacial score (nSPS) is 10.0. The van der Waals surface area contributed by atoms with Gasteiger partial charge in [-0.3, -0.25) is 4.98 Å². The van der Waals surface area contributed by atoms with Crippen LogP contribution >= 0.6 is 24.4 Å². The third kappa shape index (κ3) is 2.36. The SMILES string of the molecule is [S]c1nccc(Sc2cnccn2)n1. The molecule has 0 atom stereocenters. The third-order valence-corrected chi connectivity index (χ3v) is 2.41. The highest BCUT2D eigenvalue weighted by atomic mass is 32.2. The van der Waals surface area contributed by atoms with Crippen molar-refractivity contribution in [3.05, 3.63) is 30.9 Å². The largest absolute Gasteiger partial charge is 0.260 e. The van der Waals surface area contributed by atoms with Gasteiger partial charge >= 0.3 is 0 Å². The second kappa shape index (κ2) is 4.30. The molecule has 4 nitrogen and oxygen atoms in total. The van der Waals surface area contributed by atoms with Gasteiger partial charge < -0.3 is 0 Å². The summed E-state index contributed by atoms with van der Waals surface area (Å²) in [4.78, 5) is 16.0. The standard InChI is InChI=1S/C8H5N4S2/c13-8-11-2-1-6(12-8)14-7-5-9-3-4-10-7/h1-5H. The molecule has 0 unspecified atom stereocenters. The van der Waals surface area contributed by atoms with Crippen LogP contribution < -0.4 is 0 Å². The second-order valence-corrected chi connectivity index (χ2v) is 3.73. The molecule has 2 rings (SSSR count). The number of hydrogen-bond acceptors (Lipinski definition) is 5. The van der Waals surface area contributed by atoms with Gasteiger partial charge in [0.25, 0.3) is 0 Å². The lowest BCUT2D eigenvalue weighted by Gasteiger charge is -1.97. The molecule has 0 N–H and O–H groups in total. The molecule has 69 valence electrons. The van der Waals surface area contributed by atoms with Crippen LogP contribution in [-0.4, -0.2) is 19.9 Å². The van der Waals surface area contributed by atoms with Gasteiger partial charge in [0.05, 0.1) is 6.20 Å². The Balaban J connectivity index is 2.19. The van der Waals surface area contributed by atoms with Crippen molar-refractivity contribution >= 4 is 24.4 Å². The fraction of sp³-hybridized carbons (Fsp3) is 0. The van der Waals surface area contributed by atoms with Crippen molar-refractivity contribution in [3.8, 4) is 0 Å². The van der Waals surface area contributed by atoms with E-state index in [2.05, 4.69) is 19.9 Å². The van der Waals surface area contributed by atoms with Gasteiger partial charge in [-0.05, 0) is 30.5 Å². The van der Waals surface area contributed by atoms with Crippen molar-refractivity contribution in [2.75, 3.05) is 0 Å². The van der Waals surface area contributed by atoms with E-state index in [1.54, 1.807) is 30.9 Å². The Hall–Kier alpha value is -1.27. The van der Waals surface area contributed by atoms with Crippen LogP contribution in [0.3, 0.4) is 0 Å². The summed E-state index contributed by atoms with van der Waals surface area (Å²) in [6, 6.07) is 1.79. The summed E-state index contributed by atoms with van der Waals surface area (Å²) < 4.78 is 0. The monoisotopic (exact) mass is 221 g/mol. The van der Waals surface area contributed by atoms with Gasteiger partial charge in [0, 0.05) is 18.6 Å². The lowest BCUT2D eigenvalue weighted by atomic mass is 10.7. The summed E-state index contributed by atoms with van der Waals surface area (Å²) in [6.45, 7) is 0. The molecule has 0 saturated carbocycles. The number of rotatable bonds is 2. The van der Waals surface area contributed by atoms with Crippen molar-refractivity contribution in [1.29, 1.82) is 0 Å². The first-order valence-electron chi connectivity index (χ1n) is 3.78. The molecule has 0 aliphatic rings. The van der Waals surface area contributed by atoms with Crippen LogP contribution in [0.4, 0.5) is 0 Å². The molecule has 0 amide bonds. The molecule has 0 saturated heterocycles. The molecule has 0 spiro atoms. The predicted octanol–water partition coefficient (Wildman–Crippen LogP) is 1.97. The van der Waals surface area contributed by atoms with Crippen LogP contribution in [-0.2, 0) is 0 Å². The zero-order valence-electron chi connectivity index (χ0n) is 6.99. The molecular formula is C8H5N4S2. The topological polar surface area (TPSA) is 51.6 Å². The lowest BCUT2D eigenvalue weighted by Crippen LogP contribution is -1.86. The molecule has 0 aromatic carbocycles. The highest BCUT2D eigenvalue weighted by Gasteiger charge is 2.00. The van der Waals surface area contributed by atoms with E-state index < -0.39 is 0 Å². The van der Waals surface area contributed by atoms with Gasteiger partial charge in [-0.2, -0.15) is 0 Å². The summed E-state index contributed by atoms with van der Waals surface area (Å²) in [5.41, 5.74) is 0. The van der Waals surface area contributed by atoms with Crippen LogP contribution in [0.25, 0.3) is 0 Å². The number of hydrogen-bond donors (Lipinski definition) is 0. The Kier molecular flexibility index (Phi) is 2.85. The molecule has 2 aromatic heterocycles. The van der Waals surface area contributed by atoms with E-state index in [9.17, 15) is 0 Å². The summed E-state index contributed by atoms with van der Waals surface area (Å²) in [7, 11) is 0. The maximum absolute atomic E-state index is 4.84. The Morgan fingerprint density at radius 1 is 1.07 bits per heavy atom. The van der Waals surface area contributed by atoms with Gasteiger partial charge in [0.15, 0.2) is 0 Å². The van der Waals surface area contributed by atoms with Crippen molar-refractivity contribution in [2.45, 2.75) is 15.2 Å². The average Bonchev–Trinajstić information content (AvgIpc) is 2.19.